The Labute approximate surface area is 117 Å². The van der Waals surface area contributed by atoms with Crippen molar-refractivity contribution in [3.63, 3.8) is 0 Å². The van der Waals surface area contributed by atoms with E-state index in [1.807, 2.05) is 12.1 Å². The first-order chi connectivity index (χ1) is 9.67. The molecule has 0 aliphatic heterocycles. The first-order valence-electron chi connectivity index (χ1n) is 6.09. The van der Waals surface area contributed by atoms with Crippen LogP contribution in [0.1, 0.15) is 10.4 Å². The standard InChI is InChI=1S/C15H16N2O3/c1-16-15(18)10-4-5-17-14(8-10)11-6-12(19-2)9-13(7-11)20-3/h4-9H,1-3H3,(H,16,18). The first kappa shape index (κ1) is 13.9. The molecule has 2 aromatic rings. The van der Waals surface area contributed by atoms with Gasteiger partial charge >= 0.3 is 0 Å². The number of pyridine rings is 1. The summed E-state index contributed by atoms with van der Waals surface area (Å²) >= 11 is 0. The second-order valence-electron chi connectivity index (χ2n) is 4.11. The zero-order chi connectivity index (χ0) is 14.5. The van der Waals surface area contributed by atoms with Crippen LogP contribution in [-0.2, 0) is 0 Å². The zero-order valence-corrected chi connectivity index (χ0v) is 11.6. The highest BCUT2D eigenvalue weighted by molar-refractivity contribution is 5.94. The SMILES string of the molecule is CNC(=O)c1ccnc(-c2cc(OC)cc(OC)c2)c1. The van der Waals surface area contributed by atoms with E-state index in [-0.39, 0.29) is 5.91 Å². The summed E-state index contributed by atoms with van der Waals surface area (Å²) in [5, 5.41) is 2.59. The lowest BCUT2D eigenvalue weighted by molar-refractivity contribution is 0.0963. The molecule has 5 heteroatoms. The number of carbonyl (C=O) groups is 1. The highest BCUT2D eigenvalue weighted by atomic mass is 16.5. The molecule has 20 heavy (non-hydrogen) atoms. The molecule has 0 spiro atoms. The number of nitrogens with one attached hydrogen (secondary N) is 1. The molecule has 0 atom stereocenters. The second-order valence-corrected chi connectivity index (χ2v) is 4.11. The van der Waals surface area contributed by atoms with Crippen LogP contribution in [0, 0.1) is 0 Å². The quantitative estimate of drug-likeness (QED) is 0.926. The van der Waals surface area contributed by atoms with Crippen molar-refractivity contribution in [2.24, 2.45) is 0 Å². The molecule has 1 aromatic carbocycles. The molecule has 0 saturated carbocycles. The van der Waals surface area contributed by atoms with Gasteiger partial charge in [-0.15, -0.1) is 0 Å². The van der Waals surface area contributed by atoms with Crippen molar-refractivity contribution in [3.8, 4) is 22.8 Å². The molecule has 1 N–H and O–H groups in total. The van der Waals surface area contributed by atoms with Crippen molar-refractivity contribution in [3.05, 3.63) is 42.1 Å². The van der Waals surface area contributed by atoms with E-state index in [0.717, 1.165) is 5.56 Å². The normalized spacial score (nSPS) is 9.95. The predicted molar refractivity (Wildman–Crippen MR) is 76.2 cm³/mol. The molecule has 0 aliphatic rings. The van der Waals surface area contributed by atoms with Gasteiger partial charge in [0.2, 0.25) is 0 Å². The van der Waals surface area contributed by atoms with E-state index in [0.29, 0.717) is 22.8 Å². The van der Waals surface area contributed by atoms with E-state index >= 15 is 0 Å². The molecule has 1 aromatic heterocycles. The van der Waals surface area contributed by atoms with Gasteiger partial charge < -0.3 is 14.8 Å². The van der Waals surface area contributed by atoms with Gasteiger partial charge in [0.15, 0.2) is 0 Å². The minimum absolute atomic E-state index is 0.150. The van der Waals surface area contributed by atoms with E-state index in [4.69, 9.17) is 9.47 Å². The van der Waals surface area contributed by atoms with Gasteiger partial charge in [-0.05, 0) is 24.3 Å². The van der Waals surface area contributed by atoms with Crippen molar-refractivity contribution < 1.29 is 14.3 Å². The van der Waals surface area contributed by atoms with Gasteiger partial charge in [0.25, 0.3) is 5.91 Å². The number of hydrogen-bond acceptors (Lipinski definition) is 4. The summed E-state index contributed by atoms with van der Waals surface area (Å²) in [4.78, 5) is 15.9. The van der Waals surface area contributed by atoms with Gasteiger partial charge in [0.1, 0.15) is 11.5 Å². The minimum atomic E-state index is -0.150. The summed E-state index contributed by atoms with van der Waals surface area (Å²) in [6.07, 6.45) is 1.60. The van der Waals surface area contributed by atoms with Gasteiger partial charge in [0.05, 0.1) is 19.9 Å². The topological polar surface area (TPSA) is 60.5 Å². The second kappa shape index (κ2) is 6.06. The van der Waals surface area contributed by atoms with Crippen LogP contribution in [0.2, 0.25) is 0 Å². The van der Waals surface area contributed by atoms with Gasteiger partial charge in [-0.1, -0.05) is 0 Å². The van der Waals surface area contributed by atoms with Crippen LogP contribution in [0.15, 0.2) is 36.5 Å². The Morgan fingerprint density at radius 2 is 1.75 bits per heavy atom. The van der Waals surface area contributed by atoms with Gasteiger partial charge in [-0.3, -0.25) is 9.78 Å². The summed E-state index contributed by atoms with van der Waals surface area (Å²) in [6, 6.07) is 8.87. The average molecular weight is 272 g/mol. The molecule has 104 valence electrons. The van der Waals surface area contributed by atoms with Crippen molar-refractivity contribution in [2.75, 3.05) is 21.3 Å². The Bertz CT molecular complexity index is 604. The molecule has 0 fully saturated rings. The summed E-state index contributed by atoms with van der Waals surface area (Å²) in [6.45, 7) is 0. The lowest BCUT2D eigenvalue weighted by Crippen LogP contribution is -2.17. The Kier molecular flexibility index (Phi) is 4.20. The third-order valence-electron chi connectivity index (χ3n) is 2.90. The van der Waals surface area contributed by atoms with Crippen molar-refractivity contribution in [1.82, 2.24) is 10.3 Å². The van der Waals surface area contributed by atoms with E-state index in [2.05, 4.69) is 10.3 Å². The Hall–Kier alpha value is -2.56. The fraction of sp³-hybridized carbons (Fsp3) is 0.200. The van der Waals surface area contributed by atoms with E-state index in [1.54, 1.807) is 45.7 Å². The number of ether oxygens (including phenoxy) is 2. The maximum atomic E-state index is 11.7. The fourth-order valence-corrected chi connectivity index (χ4v) is 1.83. The lowest BCUT2D eigenvalue weighted by Gasteiger charge is -2.09. The number of hydrogen-bond donors (Lipinski definition) is 1. The van der Waals surface area contributed by atoms with Crippen LogP contribution in [0.3, 0.4) is 0 Å². The summed E-state index contributed by atoms with van der Waals surface area (Å²) < 4.78 is 10.5. The average Bonchev–Trinajstić information content (AvgIpc) is 2.53. The van der Waals surface area contributed by atoms with E-state index in [9.17, 15) is 4.79 Å². The monoisotopic (exact) mass is 272 g/mol. The van der Waals surface area contributed by atoms with Crippen LogP contribution in [-0.4, -0.2) is 32.2 Å². The van der Waals surface area contributed by atoms with Gasteiger partial charge in [0, 0.05) is 30.4 Å². The minimum Gasteiger partial charge on any atom is -0.497 e. The maximum absolute atomic E-state index is 11.7. The van der Waals surface area contributed by atoms with Crippen molar-refractivity contribution >= 4 is 5.91 Å². The molecule has 1 heterocycles. The number of amides is 1. The highest BCUT2D eigenvalue weighted by Crippen LogP contribution is 2.28. The number of rotatable bonds is 4. The maximum Gasteiger partial charge on any atom is 0.251 e. The Morgan fingerprint density at radius 3 is 2.30 bits per heavy atom. The third kappa shape index (κ3) is 2.88. The Balaban J connectivity index is 2.47. The van der Waals surface area contributed by atoms with Crippen LogP contribution < -0.4 is 14.8 Å². The van der Waals surface area contributed by atoms with Gasteiger partial charge in [-0.25, -0.2) is 0 Å². The molecule has 5 nitrogen and oxygen atoms in total. The zero-order valence-electron chi connectivity index (χ0n) is 11.6. The number of methoxy groups -OCH3 is 2. The van der Waals surface area contributed by atoms with Crippen LogP contribution in [0.5, 0.6) is 11.5 Å². The summed E-state index contributed by atoms with van der Waals surface area (Å²) in [5.41, 5.74) is 2.06. The predicted octanol–water partition coefficient (Wildman–Crippen LogP) is 2.13. The lowest BCUT2D eigenvalue weighted by atomic mass is 10.1. The number of aromatic nitrogens is 1. The number of benzene rings is 1. The largest absolute Gasteiger partial charge is 0.497 e. The van der Waals surface area contributed by atoms with E-state index < -0.39 is 0 Å². The fourth-order valence-electron chi connectivity index (χ4n) is 1.83. The summed E-state index contributed by atoms with van der Waals surface area (Å²) in [7, 11) is 4.77. The number of carbonyl (C=O) groups excluding carboxylic acids is 1. The molecule has 0 radical (unpaired) electrons. The van der Waals surface area contributed by atoms with Crippen molar-refractivity contribution in [2.45, 2.75) is 0 Å². The molecule has 2 rings (SSSR count). The molecule has 0 saturated heterocycles. The van der Waals surface area contributed by atoms with Crippen LogP contribution in [0.25, 0.3) is 11.3 Å². The third-order valence-corrected chi connectivity index (χ3v) is 2.90. The highest BCUT2D eigenvalue weighted by Gasteiger charge is 2.09. The molecule has 0 aliphatic carbocycles. The molecular weight excluding hydrogens is 256 g/mol. The molecule has 1 amide bonds. The number of nitrogens with zero attached hydrogens (tertiary/aromatic N) is 1. The smallest absolute Gasteiger partial charge is 0.251 e. The van der Waals surface area contributed by atoms with Crippen molar-refractivity contribution in [1.29, 1.82) is 0 Å². The molecule has 0 unspecified atom stereocenters. The Morgan fingerprint density at radius 1 is 1.10 bits per heavy atom. The molecular formula is C15H16N2O3. The van der Waals surface area contributed by atoms with Crippen LogP contribution in [0.4, 0.5) is 0 Å². The summed E-state index contributed by atoms with van der Waals surface area (Å²) in [5.74, 6) is 1.20. The van der Waals surface area contributed by atoms with Gasteiger partial charge in [-0.2, -0.15) is 0 Å². The van der Waals surface area contributed by atoms with E-state index in [1.165, 1.54) is 0 Å². The first-order valence-corrected chi connectivity index (χ1v) is 6.09. The molecule has 0 bridgehead atoms. The van der Waals surface area contributed by atoms with Crippen LogP contribution >= 0.6 is 0 Å².